The molecule has 2 aromatic carbocycles. The summed E-state index contributed by atoms with van der Waals surface area (Å²) < 4.78 is 44.7. The molecule has 1 fully saturated rings. The number of carbonyl (C=O) groups is 1. The standard InChI is InChI=1S/C29H29F3N8O2/c1-19-5-6-22(38-28(41)20-3-2-4-21(13-20)29(30,31)32)14-24(19)39-27-23(16-33-17-37-27)25-15-26(36-18-35-25)34-7-8-40-9-11-42-12-10-40/h2-6,13-18H,7-12H2,1H3,(H,38,41)(H,33,37,39)(H,34,35,36). The monoisotopic (exact) mass is 578 g/mol. The topological polar surface area (TPSA) is 117 Å². The molecule has 3 N–H and O–H groups in total. The van der Waals surface area contributed by atoms with E-state index in [1.807, 2.05) is 13.0 Å². The van der Waals surface area contributed by atoms with E-state index in [4.69, 9.17) is 4.74 Å². The van der Waals surface area contributed by atoms with Crippen LogP contribution >= 0.6 is 0 Å². The molecule has 5 rings (SSSR count). The Morgan fingerprint density at radius 2 is 1.86 bits per heavy atom. The average Bonchev–Trinajstić information content (AvgIpc) is 2.99. The second kappa shape index (κ2) is 12.9. The van der Waals surface area contributed by atoms with Crippen LogP contribution in [0.1, 0.15) is 21.5 Å². The molecule has 4 aromatic rings. The molecule has 10 nitrogen and oxygen atoms in total. The van der Waals surface area contributed by atoms with Crippen molar-refractivity contribution in [1.82, 2.24) is 24.8 Å². The fraction of sp³-hybridized carbons (Fsp3) is 0.276. The van der Waals surface area contributed by atoms with Crippen LogP contribution in [-0.2, 0) is 10.9 Å². The number of hydrogen-bond donors (Lipinski definition) is 3. The Morgan fingerprint density at radius 1 is 1.02 bits per heavy atom. The molecule has 1 saturated heterocycles. The van der Waals surface area contributed by atoms with Gasteiger partial charge in [0, 0.05) is 55.4 Å². The fourth-order valence-electron chi connectivity index (χ4n) is 4.39. The van der Waals surface area contributed by atoms with Gasteiger partial charge in [-0.2, -0.15) is 13.2 Å². The number of benzene rings is 2. The van der Waals surface area contributed by atoms with E-state index in [0.29, 0.717) is 40.8 Å². The quantitative estimate of drug-likeness (QED) is 0.252. The third-order valence-electron chi connectivity index (χ3n) is 6.69. The molecule has 0 unspecified atom stereocenters. The Morgan fingerprint density at radius 3 is 2.67 bits per heavy atom. The second-order valence-electron chi connectivity index (χ2n) is 9.64. The Labute approximate surface area is 240 Å². The molecule has 13 heteroatoms. The van der Waals surface area contributed by atoms with Crippen LogP contribution in [0.15, 0.2) is 67.4 Å². The van der Waals surface area contributed by atoms with Crippen LogP contribution in [0.5, 0.6) is 0 Å². The molecular weight excluding hydrogens is 549 g/mol. The van der Waals surface area contributed by atoms with E-state index >= 15 is 0 Å². The van der Waals surface area contributed by atoms with Crippen molar-refractivity contribution in [3.8, 4) is 11.3 Å². The van der Waals surface area contributed by atoms with Crippen molar-refractivity contribution < 1.29 is 22.7 Å². The lowest BCUT2D eigenvalue weighted by Gasteiger charge is -2.26. The van der Waals surface area contributed by atoms with Crippen molar-refractivity contribution >= 4 is 28.9 Å². The first-order chi connectivity index (χ1) is 20.3. The van der Waals surface area contributed by atoms with Crippen molar-refractivity contribution in [2.45, 2.75) is 13.1 Å². The summed E-state index contributed by atoms with van der Waals surface area (Å²) in [6, 6.07) is 11.2. The highest BCUT2D eigenvalue weighted by Gasteiger charge is 2.31. The van der Waals surface area contributed by atoms with Gasteiger partial charge >= 0.3 is 6.18 Å². The second-order valence-corrected chi connectivity index (χ2v) is 9.64. The van der Waals surface area contributed by atoms with E-state index in [-0.39, 0.29) is 5.56 Å². The largest absolute Gasteiger partial charge is 0.416 e. The number of hydrogen-bond acceptors (Lipinski definition) is 9. The predicted molar refractivity (Wildman–Crippen MR) is 153 cm³/mol. The summed E-state index contributed by atoms with van der Waals surface area (Å²) in [6.07, 6.45) is -0.0266. The maximum Gasteiger partial charge on any atom is 0.416 e. The van der Waals surface area contributed by atoms with Gasteiger partial charge in [-0.15, -0.1) is 0 Å². The zero-order chi connectivity index (χ0) is 29.5. The highest BCUT2D eigenvalue weighted by molar-refractivity contribution is 6.04. The van der Waals surface area contributed by atoms with E-state index in [2.05, 4.69) is 40.8 Å². The minimum Gasteiger partial charge on any atom is -0.379 e. The van der Waals surface area contributed by atoms with Crippen molar-refractivity contribution in [2.75, 3.05) is 55.3 Å². The molecule has 218 valence electrons. The number of nitrogens with one attached hydrogen (secondary N) is 3. The third kappa shape index (κ3) is 7.36. The summed E-state index contributed by atoms with van der Waals surface area (Å²) in [5.74, 6) is 0.485. The smallest absolute Gasteiger partial charge is 0.379 e. The van der Waals surface area contributed by atoms with Crippen molar-refractivity contribution in [3.05, 3.63) is 84.1 Å². The number of rotatable bonds is 9. The van der Waals surface area contributed by atoms with Crippen molar-refractivity contribution in [2.24, 2.45) is 0 Å². The lowest BCUT2D eigenvalue weighted by atomic mass is 10.1. The van der Waals surface area contributed by atoms with Crippen molar-refractivity contribution in [1.29, 1.82) is 0 Å². The number of alkyl halides is 3. The van der Waals surface area contributed by atoms with Crippen LogP contribution in [0.2, 0.25) is 0 Å². The minimum atomic E-state index is -4.55. The van der Waals surface area contributed by atoms with E-state index in [1.54, 1.807) is 24.4 Å². The number of nitrogens with zero attached hydrogens (tertiary/aromatic N) is 5. The molecule has 0 bridgehead atoms. The van der Waals surface area contributed by atoms with Crippen LogP contribution in [0, 0.1) is 6.92 Å². The van der Waals surface area contributed by atoms with Gasteiger partial charge in [0.25, 0.3) is 5.91 Å². The number of aromatic nitrogens is 4. The maximum absolute atomic E-state index is 13.1. The van der Waals surface area contributed by atoms with Gasteiger partial charge in [-0.3, -0.25) is 9.69 Å². The van der Waals surface area contributed by atoms with Crippen LogP contribution < -0.4 is 16.0 Å². The molecule has 1 aliphatic rings. The van der Waals surface area contributed by atoms with Gasteiger partial charge in [-0.25, -0.2) is 19.9 Å². The molecule has 0 spiro atoms. The van der Waals surface area contributed by atoms with E-state index < -0.39 is 17.6 Å². The van der Waals surface area contributed by atoms with Crippen LogP contribution in [0.3, 0.4) is 0 Å². The van der Waals surface area contributed by atoms with Gasteiger partial charge in [-0.1, -0.05) is 12.1 Å². The minimum absolute atomic E-state index is 0.101. The Hall–Kier alpha value is -4.62. The summed E-state index contributed by atoms with van der Waals surface area (Å²) >= 11 is 0. The molecular formula is C29H29F3N8O2. The Bertz CT molecular complexity index is 1540. The summed E-state index contributed by atoms with van der Waals surface area (Å²) in [6.45, 7) is 6.75. The summed E-state index contributed by atoms with van der Waals surface area (Å²) in [4.78, 5) is 32.4. The molecule has 0 saturated carbocycles. The number of morpholine rings is 1. The van der Waals surface area contributed by atoms with E-state index in [9.17, 15) is 18.0 Å². The van der Waals surface area contributed by atoms with Crippen molar-refractivity contribution in [3.63, 3.8) is 0 Å². The first-order valence-electron chi connectivity index (χ1n) is 13.3. The number of carbonyl (C=O) groups excluding carboxylic acids is 1. The number of halogens is 3. The zero-order valence-corrected chi connectivity index (χ0v) is 22.8. The summed E-state index contributed by atoms with van der Waals surface area (Å²) in [5.41, 5.74) is 2.13. The maximum atomic E-state index is 13.1. The number of ether oxygens (including phenoxy) is 1. The molecule has 1 amide bonds. The van der Waals surface area contributed by atoms with E-state index in [1.165, 1.54) is 24.8 Å². The Kier molecular flexibility index (Phi) is 8.88. The van der Waals surface area contributed by atoms with Gasteiger partial charge in [0.1, 0.15) is 24.3 Å². The van der Waals surface area contributed by atoms with Gasteiger partial charge in [-0.05, 0) is 42.8 Å². The third-order valence-corrected chi connectivity index (χ3v) is 6.69. The van der Waals surface area contributed by atoms with Crippen LogP contribution in [0.25, 0.3) is 11.3 Å². The van der Waals surface area contributed by atoms with E-state index in [0.717, 1.165) is 50.5 Å². The molecule has 0 radical (unpaired) electrons. The molecule has 0 atom stereocenters. The molecule has 42 heavy (non-hydrogen) atoms. The Balaban J connectivity index is 1.30. The SMILES string of the molecule is Cc1ccc(NC(=O)c2cccc(C(F)(F)F)c2)cc1Nc1ncncc1-c1cc(NCCN2CCOCC2)ncn1. The molecule has 2 aromatic heterocycles. The van der Waals surface area contributed by atoms with Gasteiger partial charge in [0.2, 0.25) is 0 Å². The zero-order valence-electron chi connectivity index (χ0n) is 22.8. The highest BCUT2D eigenvalue weighted by atomic mass is 19.4. The highest BCUT2D eigenvalue weighted by Crippen LogP contribution is 2.31. The fourth-order valence-corrected chi connectivity index (χ4v) is 4.39. The molecule has 0 aliphatic carbocycles. The first-order valence-corrected chi connectivity index (χ1v) is 13.3. The van der Waals surface area contributed by atoms with Crippen LogP contribution in [0.4, 0.5) is 36.2 Å². The van der Waals surface area contributed by atoms with Crippen LogP contribution in [-0.4, -0.2) is 70.1 Å². The number of anilines is 4. The lowest BCUT2D eigenvalue weighted by molar-refractivity contribution is -0.137. The van der Waals surface area contributed by atoms with Gasteiger partial charge in [0.15, 0.2) is 0 Å². The number of aryl methyl sites for hydroxylation is 1. The molecule has 3 heterocycles. The predicted octanol–water partition coefficient (Wildman–Crippen LogP) is 5.00. The summed E-state index contributed by atoms with van der Waals surface area (Å²) in [5, 5.41) is 9.28. The lowest BCUT2D eigenvalue weighted by Crippen LogP contribution is -2.39. The normalized spacial score (nSPS) is 13.9. The number of amides is 1. The van der Waals surface area contributed by atoms with Gasteiger partial charge < -0.3 is 20.7 Å². The average molecular weight is 579 g/mol. The first kappa shape index (κ1) is 28.9. The van der Waals surface area contributed by atoms with Gasteiger partial charge in [0.05, 0.1) is 30.0 Å². The summed E-state index contributed by atoms with van der Waals surface area (Å²) in [7, 11) is 0. The molecule has 1 aliphatic heterocycles.